The molecule has 1 aromatic rings. The summed E-state index contributed by atoms with van der Waals surface area (Å²) in [5.41, 5.74) is 3.65. The number of hydrogen-bond donors (Lipinski definition) is 2. The van der Waals surface area contributed by atoms with E-state index in [1.165, 1.54) is 9.21 Å². The van der Waals surface area contributed by atoms with E-state index in [-0.39, 0.29) is 38.6 Å². The third-order valence-electron chi connectivity index (χ3n) is 7.16. The maximum atomic E-state index is 13.3. The molecule has 0 spiro atoms. The first kappa shape index (κ1) is 25.6. The highest BCUT2D eigenvalue weighted by Crippen LogP contribution is 2.35. The molecule has 0 unspecified atom stereocenters. The summed E-state index contributed by atoms with van der Waals surface area (Å²) in [7, 11) is -3.80. The molecule has 2 fully saturated rings. The summed E-state index contributed by atoms with van der Waals surface area (Å²) in [6.45, 7) is 3.80. The van der Waals surface area contributed by atoms with E-state index in [4.69, 9.17) is 9.47 Å². The summed E-state index contributed by atoms with van der Waals surface area (Å²) >= 11 is 0. The molecular formula is C24H33N3O7S. The number of rotatable bonds is 6. The van der Waals surface area contributed by atoms with Crippen LogP contribution in [0.3, 0.4) is 0 Å². The SMILES string of the molecule is Cc1ccc(C2=CCN(S(=O)(=O)CC3(C(=O)NO)CCN(C(=O)O[C@H]4CCOC4)CC3)CC2)cc1. The molecule has 11 heteroatoms. The molecule has 0 aliphatic carbocycles. The molecule has 3 aliphatic heterocycles. The van der Waals surface area contributed by atoms with Gasteiger partial charge in [-0.15, -0.1) is 0 Å². The molecule has 0 bridgehead atoms. The lowest BCUT2D eigenvalue weighted by atomic mass is 9.79. The average molecular weight is 508 g/mol. The molecule has 0 radical (unpaired) electrons. The van der Waals surface area contributed by atoms with Crippen LogP contribution in [0.4, 0.5) is 4.79 Å². The maximum Gasteiger partial charge on any atom is 0.410 e. The van der Waals surface area contributed by atoms with Gasteiger partial charge in [0.2, 0.25) is 10.0 Å². The molecule has 4 rings (SSSR count). The second-order valence-corrected chi connectivity index (χ2v) is 11.5. The molecule has 1 atom stereocenters. The van der Waals surface area contributed by atoms with Gasteiger partial charge in [0, 0.05) is 32.6 Å². The second kappa shape index (κ2) is 10.7. The fourth-order valence-electron chi connectivity index (χ4n) is 4.87. The lowest BCUT2D eigenvalue weighted by Gasteiger charge is -2.40. The molecule has 1 aromatic carbocycles. The van der Waals surface area contributed by atoms with Gasteiger partial charge in [0.05, 0.1) is 24.4 Å². The molecular weight excluding hydrogens is 474 g/mol. The van der Waals surface area contributed by atoms with Gasteiger partial charge >= 0.3 is 6.09 Å². The van der Waals surface area contributed by atoms with Crippen molar-refractivity contribution in [2.75, 3.05) is 45.1 Å². The first-order chi connectivity index (χ1) is 16.7. The minimum Gasteiger partial charge on any atom is -0.444 e. The van der Waals surface area contributed by atoms with Gasteiger partial charge in [0.15, 0.2) is 0 Å². The monoisotopic (exact) mass is 507 g/mol. The summed E-state index contributed by atoms with van der Waals surface area (Å²) < 4.78 is 38.7. The van der Waals surface area contributed by atoms with Crippen molar-refractivity contribution in [1.29, 1.82) is 0 Å². The third-order valence-corrected chi connectivity index (χ3v) is 9.20. The van der Waals surface area contributed by atoms with E-state index in [1.807, 2.05) is 37.3 Å². The summed E-state index contributed by atoms with van der Waals surface area (Å²) in [5.74, 6) is -1.18. The number of nitrogens with zero attached hydrogens (tertiary/aromatic N) is 2. The number of carbonyl (C=O) groups is 2. The van der Waals surface area contributed by atoms with Crippen molar-refractivity contribution in [3.8, 4) is 0 Å². The van der Waals surface area contributed by atoms with Crippen molar-refractivity contribution in [2.45, 2.75) is 38.7 Å². The number of nitrogens with one attached hydrogen (secondary N) is 1. The molecule has 2 amide bonds. The van der Waals surface area contributed by atoms with Gasteiger partial charge in [-0.25, -0.2) is 18.7 Å². The van der Waals surface area contributed by atoms with Crippen LogP contribution in [0.5, 0.6) is 0 Å². The number of piperidine rings is 1. The summed E-state index contributed by atoms with van der Waals surface area (Å²) in [6.07, 6.45) is 2.56. The normalized spacial score (nSPS) is 23.0. The summed E-state index contributed by atoms with van der Waals surface area (Å²) in [6, 6.07) is 8.12. The highest BCUT2D eigenvalue weighted by atomic mass is 32.2. The fourth-order valence-corrected chi connectivity index (χ4v) is 6.84. The number of hydrogen-bond acceptors (Lipinski definition) is 7. The zero-order valence-electron chi connectivity index (χ0n) is 19.9. The van der Waals surface area contributed by atoms with Gasteiger partial charge in [-0.3, -0.25) is 10.0 Å². The number of hydroxylamine groups is 1. The van der Waals surface area contributed by atoms with Gasteiger partial charge in [0.25, 0.3) is 5.91 Å². The Labute approximate surface area is 205 Å². The first-order valence-corrected chi connectivity index (χ1v) is 13.6. The van der Waals surface area contributed by atoms with Crippen molar-refractivity contribution in [1.82, 2.24) is 14.7 Å². The van der Waals surface area contributed by atoms with Gasteiger partial charge in [-0.1, -0.05) is 35.9 Å². The number of benzene rings is 1. The van der Waals surface area contributed by atoms with Crippen LogP contribution >= 0.6 is 0 Å². The number of aryl methyl sites for hydroxylation is 1. The van der Waals surface area contributed by atoms with Crippen LogP contribution in [-0.2, 0) is 24.3 Å². The zero-order valence-corrected chi connectivity index (χ0v) is 20.8. The van der Waals surface area contributed by atoms with Gasteiger partial charge < -0.3 is 14.4 Å². The maximum absolute atomic E-state index is 13.3. The quantitative estimate of drug-likeness (QED) is 0.445. The number of carbonyl (C=O) groups excluding carboxylic acids is 2. The van der Waals surface area contributed by atoms with Gasteiger partial charge in [-0.05, 0) is 37.3 Å². The van der Waals surface area contributed by atoms with E-state index in [9.17, 15) is 23.2 Å². The lowest BCUT2D eigenvalue weighted by Crippen LogP contribution is -2.54. The highest BCUT2D eigenvalue weighted by molar-refractivity contribution is 7.89. The Bertz CT molecular complexity index is 1060. The second-order valence-electron chi connectivity index (χ2n) is 9.54. The average Bonchev–Trinajstić information content (AvgIpc) is 3.37. The van der Waals surface area contributed by atoms with E-state index in [0.717, 1.165) is 16.7 Å². The molecule has 2 saturated heterocycles. The molecule has 3 heterocycles. The standard InChI is InChI=1S/C24H33N3O7S/c1-18-2-4-19(5-3-18)20-6-11-27(12-7-20)35(31,32)17-24(22(28)25-30)9-13-26(14-10-24)23(29)34-21-8-15-33-16-21/h2-6,21,30H,7-17H2,1H3,(H,25,28)/t21-/m0/s1. The Morgan fingerprint density at radius 2 is 1.91 bits per heavy atom. The zero-order chi connectivity index (χ0) is 25.1. The highest BCUT2D eigenvalue weighted by Gasteiger charge is 2.47. The minimum atomic E-state index is -3.80. The Morgan fingerprint density at radius 1 is 1.20 bits per heavy atom. The Balaban J connectivity index is 1.40. The Hall–Kier alpha value is -2.47. The van der Waals surface area contributed by atoms with E-state index in [0.29, 0.717) is 32.6 Å². The molecule has 192 valence electrons. The number of amides is 2. The number of likely N-dealkylation sites (tertiary alicyclic amines) is 1. The Morgan fingerprint density at radius 3 is 2.49 bits per heavy atom. The topological polar surface area (TPSA) is 125 Å². The summed E-state index contributed by atoms with van der Waals surface area (Å²) in [5, 5.41) is 9.37. The largest absolute Gasteiger partial charge is 0.444 e. The van der Waals surface area contributed by atoms with E-state index in [2.05, 4.69) is 0 Å². The van der Waals surface area contributed by atoms with Crippen LogP contribution in [0.2, 0.25) is 0 Å². The predicted molar refractivity (Wildman–Crippen MR) is 128 cm³/mol. The molecule has 0 aromatic heterocycles. The van der Waals surface area contributed by atoms with Crippen molar-refractivity contribution >= 4 is 27.6 Å². The smallest absolute Gasteiger partial charge is 0.410 e. The van der Waals surface area contributed by atoms with Gasteiger partial charge in [-0.2, -0.15) is 4.31 Å². The lowest BCUT2D eigenvalue weighted by molar-refractivity contribution is -0.141. The molecule has 35 heavy (non-hydrogen) atoms. The van der Waals surface area contributed by atoms with Crippen molar-refractivity contribution in [2.24, 2.45) is 5.41 Å². The third kappa shape index (κ3) is 5.85. The van der Waals surface area contributed by atoms with E-state index in [1.54, 1.807) is 5.48 Å². The van der Waals surface area contributed by atoms with E-state index >= 15 is 0 Å². The van der Waals surface area contributed by atoms with Crippen LogP contribution in [-0.4, -0.2) is 86.1 Å². The van der Waals surface area contributed by atoms with Crippen LogP contribution < -0.4 is 5.48 Å². The van der Waals surface area contributed by atoms with Crippen molar-refractivity contribution in [3.63, 3.8) is 0 Å². The Kier molecular flexibility index (Phi) is 7.80. The van der Waals surface area contributed by atoms with Crippen LogP contribution in [0.25, 0.3) is 5.57 Å². The van der Waals surface area contributed by atoms with Crippen LogP contribution in [0, 0.1) is 12.3 Å². The van der Waals surface area contributed by atoms with Crippen LogP contribution in [0.1, 0.15) is 36.8 Å². The molecule has 10 nitrogen and oxygen atoms in total. The molecule has 3 aliphatic rings. The molecule has 0 saturated carbocycles. The van der Waals surface area contributed by atoms with Crippen molar-refractivity contribution in [3.05, 3.63) is 41.5 Å². The fraction of sp³-hybridized carbons (Fsp3) is 0.583. The van der Waals surface area contributed by atoms with Crippen LogP contribution in [0.15, 0.2) is 30.3 Å². The number of ether oxygens (including phenoxy) is 2. The van der Waals surface area contributed by atoms with Gasteiger partial charge in [0.1, 0.15) is 6.10 Å². The minimum absolute atomic E-state index is 0.104. The summed E-state index contributed by atoms with van der Waals surface area (Å²) in [4.78, 5) is 26.6. The number of sulfonamides is 1. The first-order valence-electron chi connectivity index (χ1n) is 11.9. The van der Waals surface area contributed by atoms with Crippen molar-refractivity contribution < 1.29 is 32.7 Å². The predicted octanol–water partition coefficient (Wildman–Crippen LogP) is 1.93. The van der Waals surface area contributed by atoms with E-state index < -0.39 is 33.2 Å². The molecule has 2 N–H and O–H groups in total.